The van der Waals surface area contributed by atoms with E-state index in [0.29, 0.717) is 22.9 Å². The van der Waals surface area contributed by atoms with Crippen LogP contribution in [0.15, 0.2) is 99.9 Å². The van der Waals surface area contributed by atoms with E-state index in [4.69, 9.17) is 9.25 Å². The fourth-order valence-electron chi connectivity index (χ4n) is 4.63. The van der Waals surface area contributed by atoms with E-state index in [1.807, 2.05) is 66.7 Å². The van der Waals surface area contributed by atoms with E-state index in [9.17, 15) is 14.0 Å². The summed E-state index contributed by atoms with van der Waals surface area (Å²) in [6, 6.07) is 25.2. The van der Waals surface area contributed by atoms with Crippen molar-refractivity contribution in [2.45, 2.75) is 12.1 Å². The standard InChI is InChI=1S/C27H18BrFN2O4/c28-17-8-6-16(7-9-17)21-14-15-22(34-21)24-23-25(35-31(24)20-4-2-1-3-5-20)27(33)30(26(23)32)19-12-10-18(29)11-13-19/h1-15,23-25H/t23-,24-,25+/m0/s1. The smallest absolute Gasteiger partial charge is 0.266 e. The summed E-state index contributed by atoms with van der Waals surface area (Å²) in [6.45, 7) is 0. The van der Waals surface area contributed by atoms with Crippen molar-refractivity contribution < 1.29 is 23.2 Å². The molecule has 2 fully saturated rings. The number of hydroxylamine groups is 1. The minimum atomic E-state index is -1.03. The first-order valence-corrected chi connectivity index (χ1v) is 11.8. The van der Waals surface area contributed by atoms with Crippen LogP contribution in [0.5, 0.6) is 0 Å². The molecule has 0 unspecified atom stereocenters. The van der Waals surface area contributed by atoms with Crippen molar-refractivity contribution in [2.24, 2.45) is 5.92 Å². The molecular weight excluding hydrogens is 515 g/mol. The highest BCUT2D eigenvalue weighted by atomic mass is 79.9. The Hall–Kier alpha value is -3.75. The number of rotatable bonds is 4. The average molecular weight is 533 g/mol. The van der Waals surface area contributed by atoms with Gasteiger partial charge < -0.3 is 4.42 Å². The monoisotopic (exact) mass is 532 g/mol. The molecule has 0 bridgehead atoms. The number of anilines is 2. The lowest BCUT2D eigenvalue weighted by Crippen LogP contribution is -2.37. The van der Waals surface area contributed by atoms with Crippen LogP contribution in [0, 0.1) is 11.7 Å². The second-order valence-corrected chi connectivity index (χ2v) is 9.27. The molecule has 3 aromatic carbocycles. The third-order valence-electron chi connectivity index (χ3n) is 6.26. The maximum Gasteiger partial charge on any atom is 0.266 e. The SMILES string of the molecule is O=C1[C@@H]2[C@@H](ON(c3ccccc3)[C@H]2c2ccc(-c3ccc(Br)cc3)o2)C(=O)N1c1ccc(F)cc1. The van der Waals surface area contributed by atoms with Gasteiger partial charge in [0.15, 0.2) is 6.10 Å². The van der Waals surface area contributed by atoms with Crippen molar-refractivity contribution in [2.75, 3.05) is 9.96 Å². The largest absolute Gasteiger partial charge is 0.459 e. The van der Waals surface area contributed by atoms with Crippen LogP contribution in [0.1, 0.15) is 11.8 Å². The van der Waals surface area contributed by atoms with E-state index in [-0.39, 0.29) is 0 Å². The van der Waals surface area contributed by atoms with E-state index in [2.05, 4.69) is 15.9 Å². The lowest BCUT2D eigenvalue weighted by molar-refractivity contribution is -0.126. The molecular formula is C27H18BrFN2O4. The maximum absolute atomic E-state index is 13.6. The van der Waals surface area contributed by atoms with Crippen LogP contribution in [-0.4, -0.2) is 17.9 Å². The summed E-state index contributed by atoms with van der Waals surface area (Å²) in [5.74, 6) is -1.06. The molecule has 2 aliphatic heterocycles. The van der Waals surface area contributed by atoms with Gasteiger partial charge in [0, 0.05) is 10.0 Å². The summed E-state index contributed by atoms with van der Waals surface area (Å²) in [4.78, 5) is 34.1. The van der Waals surface area contributed by atoms with Crippen molar-refractivity contribution in [1.29, 1.82) is 0 Å². The molecule has 6 rings (SSSR count). The van der Waals surface area contributed by atoms with Crippen LogP contribution in [0.2, 0.25) is 0 Å². The van der Waals surface area contributed by atoms with Crippen molar-refractivity contribution in [1.82, 2.24) is 0 Å². The Morgan fingerprint density at radius 3 is 2.20 bits per heavy atom. The predicted molar refractivity (Wildman–Crippen MR) is 131 cm³/mol. The van der Waals surface area contributed by atoms with Gasteiger partial charge in [0.1, 0.15) is 29.3 Å². The zero-order valence-corrected chi connectivity index (χ0v) is 19.8. The second-order valence-electron chi connectivity index (χ2n) is 8.36. The fraction of sp³-hybridized carbons (Fsp3) is 0.111. The molecule has 0 spiro atoms. The molecule has 3 heterocycles. The normalized spacial score (nSPS) is 21.6. The van der Waals surface area contributed by atoms with Crippen LogP contribution in [-0.2, 0) is 14.4 Å². The number of amides is 2. The number of para-hydroxylation sites is 1. The molecule has 0 N–H and O–H groups in total. The van der Waals surface area contributed by atoms with E-state index in [1.165, 1.54) is 24.3 Å². The number of carbonyl (C=O) groups excluding carboxylic acids is 2. The minimum Gasteiger partial charge on any atom is -0.459 e. The lowest BCUT2D eigenvalue weighted by atomic mass is 9.94. The van der Waals surface area contributed by atoms with Gasteiger partial charge in [0.2, 0.25) is 5.91 Å². The van der Waals surface area contributed by atoms with Crippen LogP contribution < -0.4 is 9.96 Å². The number of benzene rings is 3. The van der Waals surface area contributed by atoms with Crippen LogP contribution in [0.3, 0.4) is 0 Å². The van der Waals surface area contributed by atoms with E-state index in [1.54, 1.807) is 5.06 Å². The van der Waals surface area contributed by atoms with E-state index < -0.39 is 35.7 Å². The van der Waals surface area contributed by atoms with Gasteiger partial charge in [-0.1, -0.05) is 46.3 Å². The highest BCUT2D eigenvalue weighted by Crippen LogP contribution is 2.48. The highest BCUT2D eigenvalue weighted by Gasteiger charge is 2.61. The van der Waals surface area contributed by atoms with Gasteiger partial charge in [-0.3, -0.25) is 14.4 Å². The Kier molecular flexibility index (Phi) is 5.27. The first-order valence-electron chi connectivity index (χ1n) is 11.0. The number of halogens is 2. The zero-order chi connectivity index (χ0) is 24.1. The first kappa shape index (κ1) is 21.8. The molecule has 2 saturated heterocycles. The molecule has 2 aliphatic rings. The molecule has 2 amide bonds. The van der Waals surface area contributed by atoms with Gasteiger partial charge in [-0.15, -0.1) is 0 Å². The summed E-state index contributed by atoms with van der Waals surface area (Å²) in [7, 11) is 0. The van der Waals surface area contributed by atoms with Crippen LogP contribution >= 0.6 is 15.9 Å². The molecule has 1 aromatic heterocycles. The molecule has 8 heteroatoms. The number of fused-ring (bicyclic) bond motifs is 1. The highest BCUT2D eigenvalue weighted by molar-refractivity contribution is 9.10. The van der Waals surface area contributed by atoms with Gasteiger partial charge in [-0.2, -0.15) is 0 Å². The Bertz CT molecular complexity index is 1410. The number of nitrogens with zero attached hydrogens (tertiary/aromatic N) is 2. The Balaban J connectivity index is 1.41. The number of carbonyl (C=O) groups is 2. The van der Waals surface area contributed by atoms with Gasteiger partial charge in [0.05, 0.1) is 11.4 Å². The molecule has 0 saturated carbocycles. The van der Waals surface area contributed by atoms with Crippen molar-refractivity contribution in [3.63, 3.8) is 0 Å². The summed E-state index contributed by atoms with van der Waals surface area (Å²) >= 11 is 3.43. The Morgan fingerprint density at radius 1 is 0.771 bits per heavy atom. The summed E-state index contributed by atoms with van der Waals surface area (Å²) in [6.07, 6.45) is -1.03. The van der Waals surface area contributed by atoms with E-state index >= 15 is 0 Å². The Morgan fingerprint density at radius 2 is 1.49 bits per heavy atom. The molecule has 6 nitrogen and oxygen atoms in total. The molecule has 0 aliphatic carbocycles. The van der Waals surface area contributed by atoms with Gasteiger partial charge in [-0.25, -0.2) is 14.4 Å². The molecule has 3 atom stereocenters. The second kappa shape index (κ2) is 8.48. The zero-order valence-electron chi connectivity index (χ0n) is 18.2. The quantitative estimate of drug-likeness (QED) is 0.306. The number of furan rings is 1. The third kappa shape index (κ3) is 3.66. The van der Waals surface area contributed by atoms with E-state index in [0.717, 1.165) is 14.9 Å². The molecule has 4 aromatic rings. The number of hydrogen-bond donors (Lipinski definition) is 0. The van der Waals surface area contributed by atoms with Crippen LogP contribution in [0.4, 0.5) is 15.8 Å². The topological polar surface area (TPSA) is 63.0 Å². The van der Waals surface area contributed by atoms with Crippen LogP contribution in [0.25, 0.3) is 11.3 Å². The number of hydrogen-bond acceptors (Lipinski definition) is 5. The van der Waals surface area contributed by atoms with Gasteiger partial charge >= 0.3 is 0 Å². The van der Waals surface area contributed by atoms with Crippen molar-refractivity contribution >= 4 is 39.1 Å². The molecule has 35 heavy (non-hydrogen) atoms. The summed E-state index contributed by atoms with van der Waals surface area (Å²) in [5.41, 5.74) is 1.88. The van der Waals surface area contributed by atoms with Gasteiger partial charge in [-0.05, 0) is 60.7 Å². The lowest BCUT2D eigenvalue weighted by Gasteiger charge is -2.27. The Labute approximate surface area is 208 Å². The average Bonchev–Trinajstić information content (AvgIpc) is 3.56. The van der Waals surface area contributed by atoms with Crippen molar-refractivity contribution in [3.05, 3.63) is 107 Å². The first-order chi connectivity index (χ1) is 17.0. The molecule has 0 radical (unpaired) electrons. The molecule has 174 valence electrons. The van der Waals surface area contributed by atoms with Crippen molar-refractivity contribution in [3.8, 4) is 11.3 Å². The third-order valence-corrected chi connectivity index (χ3v) is 6.79. The predicted octanol–water partition coefficient (Wildman–Crippen LogP) is 5.90. The van der Waals surface area contributed by atoms with Gasteiger partial charge in [0.25, 0.3) is 5.91 Å². The number of imide groups is 1. The fourth-order valence-corrected chi connectivity index (χ4v) is 4.89. The summed E-state index contributed by atoms with van der Waals surface area (Å²) < 4.78 is 20.6. The summed E-state index contributed by atoms with van der Waals surface area (Å²) in [5, 5.41) is 1.58. The minimum absolute atomic E-state index is 0.305. The maximum atomic E-state index is 13.6.